The first-order chi connectivity index (χ1) is 9.10. The van der Waals surface area contributed by atoms with Crippen molar-refractivity contribution in [1.82, 2.24) is 0 Å². The Balaban J connectivity index is 2.21. The number of halogens is 1. The highest BCUT2D eigenvalue weighted by Crippen LogP contribution is 2.15. The molecule has 1 amide bonds. The average molecular weight is 254 g/mol. The number of carbonyl (C=O) groups is 1. The van der Waals surface area contributed by atoms with Crippen molar-refractivity contribution in [2.75, 3.05) is 5.32 Å². The van der Waals surface area contributed by atoms with Gasteiger partial charge in [-0.15, -0.1) is 0 Å². The molecule has 3 nitrogen and oxygen atoms in total. The summed E-state index contributed by atoms with van der Waals surface area (Å²) in [7, 11) is 0. The van der Waals surface area contributed by atoms with Gasteiger partial charge in [0.15, 0.2) is 0 Å². The normalized spacial score (nSPS) is 9.74. The molecule has 94 valence electrons. The second kappa shape index (κ2) is 5.32. The molecule has 19 heavy (non-hydrogen) atoms. The van der Waals surface area contributed by atoms with Crippen LogP contribution in [0.25, 0.3) is 0 Å². The Hall–Kier alpha value is -2.67. The zero-order chi connectivity index (χ0) is 13.8. The predicted molar refractivity (Wildman–Crippen MR) is 70.2 cm³/mol. The number of hydrogen-bond acceptors (Lipinski definition) is 2. The fourth-order valence-electron chi connectivity index (χ4n) is 1.60. The first-order valence-electron chi connectivity index (χ1n) is 5.68. The summed E-state index contributed by atoms with van der Waals surface area (Å²) in [6, 6.07) is 12.8. The van der Waals surface area contributed by atoms with Crippen LogP contribution >= 0.6 is 0 Å². The Morgan fingerprint density at radius 3 is 2.74 bits per heavy atom. The lowest BCUT2D eigenvalue weighted by molar-refractivity contribution is 0.102. The number of rotatable bonds is 2. The number of aryl methyl sites for hydroxylation is 1. The van der Waals surface area contributed by atoms with E-state index in [1.807, 2.05) is 6.07 Å². The van der Waals surface area contributed by atoms with E-state index in [0.29, 0.717) is 22.4 Å². The molecular formula is C15H11FN2O. The summed E-state index contributed by atoms with van der Waals surface area (Å²) in [6.45, 7) is 1.65. The second-order valence-electron chi connectivity index (χ2n) is 4.11. The number of hydrogen-bond donors (Lipinski definition) is 1. The van der Waals surface area contributed by atoms with Crippen molar-refractivity contribution in [2.45, 2.75) is 6.92 Å². The fraction of sp³-hybridized carbons (Fsp3) is 0.0667. The maximum Gasteiger partial charge on any atom is 0.255 e. The molecule has 0 bridgehead atoms. The van der Waals surface area contributed by atoms with Gasteiger partial charge in [0, 0.05) is 11.3 Å². The zero-order valence-electron chi connectivity index (χ0n) is 10.3. The number of benzene rings is 2. The average Bonchev–Trinajstić information content (AvgIpc) is 2.43. The third-order valence-corrected chi connectivity index (χ3v) is 2.68. The summed E-state index contributed by atoms with van der Waals surface area (Å²) in [5, 5.41) is 11.4. The first-order valence-corrected chi connectivity index (χ1v) is 5.68. The minimum absolute atomic E-state index is 0.361. The van der Waals surface area contributed by atoms with Crippen molar-refractivity contribution in [3.63, 3.8) is 0 Å². The topological polar surface area (TPSA) is 52.9 Å². The molecule has 0 aliphatic rings. The molecule has 0 saturated heterocycles. The Bertz CT molecular complexity index is 674. The molecule has 1 N–H and O–H groups in total. The lowest BCUT2D eigenvalue weighted by atomic mass is 10.1. The Kier molecular flexibility index (Phi) is 3.58. The van der Waals surface area contributed by atoms with Gasteiger partial charge in [0.2, 0.25) is 0 Å². The van der Waals surface area contributed by atoms with E-state index < -0.39 is 0 Å². The maximum absolute atomic E-state index is 13.4. The summed E-state index contributed by atoms with van der Waals surface area (Å²) < 4.78 is 13.4. The smallest absolute Gasteiger partial charge is 0.255 e. The third kappa shape index (κ3) is 2.96. The monoisotopic (exact) mass is 254 g/mol. The van der Waals surface area contributed by atoms with Crippen molar-refractivity contribution in [2.24, 2.45) is 0 Å². The largest absolute Gasteiger partial charge is 0.322 e. The molecule has 0 saturated carbocycles. The van der Waals surface area contributed by atoms with Gasteiger partial charge in [-0.2, -0.15) is 5.26 Å². The SMILES string of the molecule is Cc1ccc(NC(=O)c2cccc(C#N)c2)cc1F. The van der Waals surface area contributed by atoms with Gasteiger partial charge in [-0.3, -0.25) is 4.79 Å². The van der Waals surface area contributed by atoms with Crippen LogP contribution in [0.15, 0.2) is 42.5 Å². The van der Waals surface area contributed by atoms with Crippen LogP contribution < -0.4 is 5.32 Å². The van der Waals surface area contributed by atoms with Crippen LogP contribution in [0.5, 0.6) is 0 Å². The summed E-state index contributed by atoms with van der Waals surface area (Å²) in [5.74, 6) is -0.746. The van der Waals surface area contributed by atoms with Crippen molar-refractivity contribution < 1.29 is 9.18 Å². The summed E-state index contributed by atoms with van der Waals surface area (Å²) in [4.78, 5) is 11.9. The molecule has 2 aromatic rings. The standard InChI is InChI=1S/C15H11FN2O/c1-10-5-6-13(8-14(10)16)18-15(19)12-4-2-3-11(7-12)9-17/h2-8H,1H3,(H,18,19). The Labute approximate surface area is 110 Å². The molecular weight excluding hydrogens is 243 g/mol. The van der Waals surface area contributed by atoms with E-state index in [1.54, 1.807) is 37.3 Å². The lowest BCUT2D eigenvalue weighted by Gasteiger charge is -2.06. The summed E-state index contributed by atoms with van der Waals surface area (Å²) >= 11 is 0. The van der Waals surface area contributed by atoms with Crippen LogP contribution in [-0.2, 0) is 0 Å². The molecule has 0 spiro atoms. The van der Waals surface area contributed by atoms with Gasteiger partial charge >= 0.3 is 0 Å². The molecule has 0 unspecified atom stereocenters. The van der Waals surface area contributed by atoms with Crippen molar-refractivity contribution in [3.05, 3.63) is 65.0 Å². The van der Waals surface area contributed by atoms with Crippen LogP contribution in [0.1, 0.15) is 21.5 Å². The van der Waals surface area contributed by atoms with E-state index in [1.165, 1.54) is 12.1 Å². The number of carbonyl (C=O) groups excluding carboxylic acids is 1. The number of nitrogens with one attached hydrogen (secondary N) is 1. The molecule has 0 aliphatic heterocycles. The summed E-state index contributed by atoms with van der Waals surface area (Å²) in [6.07, 6.45) is 0. The van der Waals surface area contributed by atoms with Gasteiger partial charge in [0.25, 0.3) is 5.91 Å². The van der Waals surface area contributed by atoms with E-state index in [2.05, 4.69) is 5.32 Å². The molecule has 2 rings (SSSR count). The van der Waals surface area contributed by atoms with Crippen molar-refractivity contribution >= 4 is 11.6 Å². The molecule has 0 aromatic heterocycles. The number of nitrogens with zero attached hydrogens (tertiary/aromatic N) is 1. The highest BCUT2D eigenvalue weighted by atomic mass is 19.1. The van der Waals surface area contributed by atoms with E-state index >= 15 is 0 Å². The van der Waals surface area contributed by atoms with Crippen LogP contribution in [0, 0.1) is 24.1 Å². The molecule has 0 radical (unpaired) electrons. The fourth-order valence-corrected chi connectivity index (χ4v) is 1.60. The van der Waals surface area contributed by atoms with Gasteiger partial charge < -0.3 is 5.32 Å². The minimum atomic E-state index is -0.375. The third-order valence-electron chi connectivity index (χ3n) is 2.68. The van der Waals surface area contributed by atoms with E-state index in [-0.39, 0.29) is 11.7 Å². The lowest BCUT2D eigenvalue weighted by Crippen LogP contribution is -2.12. The number of amides is 1. The Morgan fingerprint density at radius 1 is 1.26 bits per heavy atom. The molecule has 0 atom stereocenters. The maximum atomic E-state index is 13.4. The van der Waals surface area contributed by atoms with Crippen LogP contribution in [-0.4, -0.2) is 5.91 Å². The quantitative estimate of drug-likeness (QED) is 0.894. The number of nitriles is 1. The predicted octanol–water partition coefficient (Wildman–Crippen LogP) is 3.26. The summed E-state index contributed by atoms with van der Waals surface area (Å²) in [5.41, 5.74) is 1.67. The van der Waals surface area contributed by atoms with Crippen LogP contribution in [0.3, 0.4) is 0 Å². The van der Waals surface area contributed by atoms with Gasteiger partial charge in [0.05, 0.1) is 11.6 Å². The molecule has 0 aliphatic carbocycles. The van der Waals surface area contributed by atoms with Crippen LogP contribution in [0.2, 0.25) is 0 Å². The molecule has 4 heteroatoms. The zero-order valence-corrected chi connectivity index (χ0v) is 10.3. The molecule has 0 fully saturated rings. The van der Waals surface area contributed by atoms with E-state index in [4.69, 9.17) is 5.26 Å². The molecule has 0 heterocycles. The Morgan fingerprint density at radius 2 is 2.05 bits per heavy atom. The molecule has 2 aromatic carbocycles. The number of anilines is 1. The highest BCUT2D eigenvalue weighted by Gasteiger charge is 2.08. The van der Waals surface area contributed by atoms with Crippen molar-refractivity contribution in [1.29, 1.82) is 5.26 Å². The first kappa shape index (κ1) is 12.8. The van der Waals surface area contributed by atoms with Gasteiger partial charge in [-0.05, 0) is 42.8 Å². The van der Waals surface area contributed by atoms with E-state index in [0.717, 1.165) is 0 Å². The van der Waals surface area contributed by atoms with Gasteiger partial charge in [-0.25, -0.2) is 4.39 Å². The van der Waals surface area contributed by atoms with Crippen molar-refractivity contribution in [3.8, 4) is 6.07 Å². The van der Waals surface area contributed by atoms with Crippen LogP contribution in [0.4, 0.5) is 10.1 Å². The van der Waals surface area contributed by atoms with E-state index in [9.17, 15) is 9.18 Å². The van der Waals surface area contributed by atoms with Gasteiger partial charge in [-0.1, -0.05) is 12.1 Å². The second-order valence-corrected chi connectivity index (χ2v) is 4.11. The van der Waals surface area contributed by atoms with Gasteiger partial charge in [0.1, 0.15) is 5.82 Å². The minimum Gasteiger partial charge on any atom is -0.322 e. The highest BCUT2D eigenvalue weighted by molar-refractivity contribution is 6.04.